The van der Waals surface area contributed by atoms with Gasteiger partial charge in [-0.05, 0) is 44.0 Å². The van der Waals surface area contributed by atoms with Crippen LogP contribution in [-0.4, -0.2) is 51.8 Å². The van der Waals surface area contributed by atoms with Crippen LogP contribution in [0.15, 0.2) is 48.5 Å². The van der Waals surface area contributed by atoms with Gasteiger partial charge in [-0.2, -0.15) is 0 Å². The number of piperidine rings is 1. The molecule has 0 saturated carbocycles. The first-order chi connectivity index (χ1) is 15.0. The van der Waals surface area contributed by atoms with Gasteiger partial charge in [0.2, 0.25) is 5.91 Å². The molecule has 2 aliphatic heterocycles. The van der Waals surface area contributed by atoms with Gasteiger partial charge in [0.05, 0.1) is 23.2 Å². The Labute approximate surface area is 180 Å². The highest BCUT2D eigenvalue weighted by Crippen LogP contribution is 2.36. The summed E-state index contributed by atoms with van der Waals surface area (Å²) in [6.45, 7) is 3.93. The fourth-order valence-corrected chi connectivity index (χ4v) is 4.84. The molecule has 2 aromatic carbocycles. The third-order valence-electron chi connectivity index (χ3n) is 6.30. The zero-order valence-electron chi connectivity index (χ0n) is 17.6. The lowest BCUT2D eigenvalue weighted by molar-refractivity contribution is -0.139. The maximum absolute atomic E-state index is 13.4. The first kappa shape index (κ1) is 20.0. The largest absolute Gasteiger partial charge is 0.488 e. The molecule has 2 atom stereocenters. The number of hydrogen-bond acceptors (Lipinski definition) is 4. The number of ether oxygens (including phenoxy) is 2. The molecule has 0 unspecified atom stereocenters. The van der Waals surface area contributed by atoms with Gasteiger partial charge in [-0.25, -0.2) is 9.37 Å². The number of likely N-dealkylation sites (tertiary alicyclic amines) is 1. The number of nitrogens with zero attached hydrogens (tertiary/aromatic N) is 3. The maximum atomic E-state index is 13.4. The van der Waals surface area contributed by atoms with Crippen molar-refractivity contribution in [1.82, 2.24) is 14.5 Å². The number of para-hydroxylation sites is 2. The zero-order chi connectivity index (χ0) is 21.4. The van der Waals surface area contributed by atoms with Crippen molar-refractivity contribution in [2.75, 3.05) is 19.7 Å². The van der Waals surface area contributed by atoms with Gasteiger partial charge in [-0.15, -0.1) is 0 Å². The Bertz CT molecular complexity index is 1110. The van der Waals surface area contributed by atoms with E-state index in [0.717, 1.165) is 36.2 Å². The van der Waals surface area contributed by atoms with E-state index in [1.54, 1.807) is 12.1 Å². The van der Waals surface area contributed by atoms with Gasteiger partial charge in [0.25, 0.3) is 0 Å². The number of imidazole rings is 1. The minimum absolute atomic E-state index is 0.0726. The van der Waals surface area contributed by atoms with Crippen LogP contribution >= 0.6 is 0 Å². The van der Waals surface area contributed by atoms with Crippen molar-refractivity contribution in [3.05, 3.63) is 60.2 Å². The molecule has 0 aliphatic carbocycles. The van der Waals surface area contributed by atoms with Crippen molar-refractivity contribution in [2.24, 2.45) is 0 Å². The summed E-state index contributed by atoms with van der Waals surface area (Å²) in [7, 11) is 0. The number of aryl methyl sites for hydroxylation is 1. The molecule has 5 rings (SSSR count). The predicted molar refractivity (Wildman–Crippen MR) is 114 cm³/mol. The zero-order valence-corrected chi connectivity index (χ0v) is 17.6. The average molecular weight is 423 g/mol. The van der Waals surface area contributed by atoms with Crippen LogP contribution in [0.25, 0.3) is 11.0 Å². The maximum Gasteiger partial charge on any atom is 0.242 e. The van der Waals surface area contributed by atoms with Crippen molar-refractivity contribution in [3.63, 3.8) is 0 Å². The predicted octanol–water partition coefficient (Wildman–Crippen LogP) is 3.71. The molecule has 2 saturated heterocycles. The van der Waals surface area contributed by atoms with Crippen molar-refractivity contribution in [3.8, 4) is 5.75 Å². The topological polar surface area (TPSA) is 56.6 Å². The lowest BCUT2D eigenvalue weighted by Gasteiger charge is -2.39. The second kappa shape index (κ2) is 7.96. The Kier molecular flexibility index (Phi) is 5.14. The highest BCUT2D eigenvalue weighted by Gasteiger charge is 2.45. The van der Waals surface area contributed by atoms with Gasteiger partial charge < -0.3 is 18.9 Å². The quantitative estimate of drug-likeness (QED) is 0.642. The van der Waals surface area contributed by atoms with Gasteiger partial charge in [-0.3, -0.25) is 4.79 Å². The van der Waals surface area contributed by atoms with E-state index >= 15 is 0 Å². The van der Waals surface area contributed by atoms with Gasteiger partial charge in [0, 0.05) is 25.6 Å². The van der Waals surface area contributed by atoms with Gasteiger partial charge in [0.15, 0.2) is 0 Å². The lowest BCUT2D eigenvalue weighted by atomic mass is 9.89. The monoisotopic (exact) mass is 423 g/mol. The Morgan fingerprint density at radius 2 is 2.16 bits per heavy atom. The van der Waals surface area contributed by atoms with Crippen LogP contribution in [0.2, 0.25) is 0 Å². The van der Waals surface area contributed by atoms with E-state index in [1.807, 2.05) is 40.7 Å². The molecule has 0 radical (unpaired) electrons. The number of carbonyl (C=O) groups is 1. The molecule has 1 spiro atoms. The molecule has 7 heteroatoms. The number of halogens is 1. The van der Waals surface area contributed by atoms with Crippen molar-refractivity contribution in [2.45, 2.75) is 44.4 Å². The third kappa shape index (κ3) is 4.02. The summed E-state index contributed by atoms with van der Waals surface area (Å²) in [5, 5.41) is 0. The first-order valence-corrected chi connectivity index (χ1v) is 10.8. The van der Waals surface area contributed by atoms with E-state index in [4.69, 9.17) is 9.47 Å². The molecule has 0 bridgehead atoms. The van der Waals surface area contributed by atoms with Crippen LogP contribution < -0.4 is 4.74 Å². The fraction of sp³-hybridized carbons (Fsp3) is 0.417. The van der Waals surface area contributed by atoms with E-state index in [1.165, 1.54) is 12.1 Å². The van der Waals surface area contributed by atoms with E-state index in [-0.39, 0.29) is 24.4 Å². The number of fused-ring (bicyclic) bond motifs is 1. The number of hydrogen-bond donors (Lipinski definition) is 0. The van der Waals surface area contributed by atoms with Gasteiger partial charge >= 0.3 is 0 Å². The Morgan fingerprint density at radius 3 is 3.03 bits per heavy atom. The molecule has 0 N–H and O–H groups in total. The van der Waals surface area contributed by atoms with Crippen molar-refractivity contribution >= 4 is 16.9 Å². The van der Waals surface area contributed by atoms with E-state index in [2.05, 4.69) is 4.98 Å². The molecule has 1 amide bonds. The minimum Gasteiger partial charge on any atom is -0.488 e. The van der Waals surface area contributed by atoms with E-state index < -0.39 is 5.60 Å². The molecule has 1 aromatic heterocycles. The van der Waals surface area contributed by atoms with E-state index in [0.29, 0.717) is 25.3 Å². The first-order valence-electron chi connectivity index (χ1n) is 10.8. The van der Waals surface area contributed by atoms with Gasteiger partial charge in [0.1, 0.15) is 30.0 Å². The van der Waals surface area contributed by atoms with Crippen LogP contribution in [0.4, 0.5) is 4.39 Å². The highest BCUT2D eigenvalue weighted by atomic mass is 19.1. The Hall–Kier alpha value is -2.93. The van der Waals surface area contributed by atoms with Crippen molar-refractivity contribution < 1.29 is 18.7 Å². The fourth-order valence-electron chi connectivity index (χ4n) is 4.84. The third-order valence-corrected chi connectivity index (χ3v) is 6.30. The van der Waals surface area contributed by atoms with Crippen LogP contribution in [0.3, 0.4) is 0 Å². The second-order valence-electron chi connectivity index (χ2n) is 8.55. The standard InChI is InChI=1S/C24H26FN3O3/c1-17-26-21-8-2-3-9-22(21)28(17)14-23(29)27-11-5-10-24(16-27)13-20(15-30-24)31-19-7-4-6-18(25)12-19/h2-4,6-9,12,20H,5,10-11,13-16H2,1H3/t20-,24-/m1/s1. The molecule has 6 nitrogen and oxygen atoms in total. The SMILES string of the molecule is Cc1nc2ccccc2n1CC(=O)N1CCC[C@@]2(C[C@@H](Oc3cccc(F)c3)CO2)C1. The summed E-state index contributed by atoms with van der Waals surface area (Å²) in [5.74, 6) is 1.10. The van der Waals surface area contributed by atoms with Crippen molar-refractivity contribution in [1.29, 1.82) is 0 Å². The summed E-state index contributed by atoms with van der Waals surface area (Å²) in [6.07, 6.45) is 2.34. The van der Waals surface area contributed by atoms with Gasteiger partial charge in [-0.1, -0.05) is 18.2 Å². The number of rotatable bonds is 4. The van der Waals surface area contributed by atoms with Crippen LogP contribution in [0, 0.1) is 12.7 Å². The molecule has 2 fully saturated rings. The number of carbonyl (C=O) groups excluding carboxylic acids is 1. The molecular formula is C24H26FN3O3. The number of amides is 1. The summed E-state index contributed by atoms with van der Waals surface area (Å²) in [6, 6.07) is 14.1. The van der Waals surface area contributed by atoms with E-state index in [9.17, 15) is 9.18 Å². The summed E-state index contributed by atoms with van der Waals surface area (Å²) >= 11 is 0. The smallest absolute Gasteiger partial charge is 0.242 e. The molecule has 31 heavy (non-hydrogen) atoms. The summed E-state index contributed by atoms with van der Waals surface area (Å²) in [5.41, 5.74) is 1.48. The summed E-state index contributed by atoms with van der Waals surface area (Å²) in [4.78, 5) is 19.6. The Balaban J connectivity index is 1.26. The van der Waals surface area contributed by atoms with Crippen LogP contribution in [0.1, 0.15) is 25.1 Å². The normalized spacial score (nSPS) is 23.5. The average Bonchev–Trinajstić information content (AvgIpc) is 3.28. The summed E-state index contributed by atoms with van der Waals surface area (Å²) < 4.78 is 27.5. The molecule has 3 heterocycles. The second-order valence-corrected chi connectivity index (χ2v) is 8.55. The Morgan fingerprint density at radius 1 is 1.29 bits per heavy atom. The lowest BCUT2D eigenvalue weighted by Crippen LogP contribution is -2.51. The molecule has 162 valence electrons. The highest BCUT2D eigenvalue weighted by molar-refractivity contribution is 5.81. The van der Waals surface area contributed by atoms with Crippen LogP contribution in [-0.2, 0) is 16.1 Å². The molecular weight excluding hydrogens is 397 g/mol. The number of aromatic nitrogens is 2. The number of benzene rings is 2. The minimum atomic E-state index is -0.391. The molecule has 3 aromatic rings. The molecule has 2 aliphatic rings. The van der Waals surface area contributed by atoms with Crippen LogP contribution in [0.5, 0.6) is 5.75 Å².